The van der Waals surface area contributed by atoms with Crippen molar-refractivity contribution in [1.29, 1.82) is 0 Å². The van der Waals surface area contributed by atoms with Gasteiger partial charge in [-0.2, -0.15) is 0 Å². The Kier molecular flexibility index (Phi) is 5.89. The van der Waals surface area contributed by atoms with Gasteiger partial charge in [0.25, 0.3) is 0 Å². The zero-order valence-electron chi connectivity index (χ0n) is 14.1. The third-order valence-electron chi connectivity index (χ3n) is 4.27. The third-order valence-corrected chi connectivity index (χ3v) is 4.27. The molecule has 0 unspecified atom stereocenters. The van der Waals surface area contributed by atoms with Crippen molar-refractivity contribution in [2.24, 2.45) is 5.92 Å². The van der Waals surface area contributed by atoms with Gasteiger partial charge in [-0.15, -0.1) is 0 Å². The molecule has 132 valence electrons. The lowest BCUT2D eigenvalue weighted by atomic mass is 10.0. The average Bonchev–Trinajstić information content (AvgIpc) is 3.01. The fraction of sp³-hybridized carbons (Fsp3) is 0.529. The van der Waals surface area contributed by atoms with E-state index >= 15 is 0 Å². The Hall–Kier alpha value is -2.44. The predicted molar refractivity (Wildman–Crippen MR) is 86.7 cm³/mol. The van der Waals surface area contributed by atoms with Crippen molar-refractivity contribution in [2.45, 2.75) is 31.7 Å². The van der Waals surface area contributed by atoms with Gasteiger partial charge in [0.15, 0.2) is 11.5 Å². The lowest BCUT2D eigenvalue weighted by Crippen LogP contribution is -2.40. The van der Waals surface area contributed by atoms with Gasteiger partial charge in [-0.05, 0) is 30.5 Å². The maximum absolute atomic E-state index is 12.3. The number of ether oxygens (including phenoxy) is 3. The number of hydrogen-bond acceptors (Lipinski definition) is 5. The van der Waals surface area contributed by atoms with E-state index in [9.17, 15) is 14.7 Å². The molecule has 1 aliphatic rings. The average molecular weight is 337 g/mol. The minimum atomic E-state index is -0.856. The molecule has 1 amide bonds. The van der Waals surface area contributed by atoms with Crippen LogP contribution >= 0.6 is 0 Å². The molecule has 1 fully saturated rings. The number of carbonyl (C=O) groups is 2. The van der Waals surface area contributed by atoms with Crippen LogP contribution in [0.2, 0.25) is 0 Å². The minimum absolute atomic E-state index is 0.111. The van der Waals surface area contributed by atoms with Crippen LogP contribution in [0.5, 0.6) is 17.2 Å². The highest BCUT2D eigenvalue weighted by Crippen LogP contribution is 2.38. The summed E-state index contributed by atoms with van der Waals surface area (Å²) in [5.74, 6) is -0.166. The van der Waals surface area contributed by atoms with Crippen LogP contribution in [0, 0.1) is 5.92 Å². The van der Waals surface area contributed by atoms with Crippen LogP contribution < -0.4 is 19.5 Å². The predicted octanol–water partition coefficient (Wildman–Crippen LogP) is 1.62. The van der Waals surface area contributed by atoms with Crippen LogP contribution in [0.15, 0.2) is 12.1 Å². The first-order chi connectivity index (χ1) is 11.5. The van der Waals surface area contributed by atoms with Crippen molar-refractivity contribution in [2.75, 3.05) is 21.3 Å². The second-order valence-electron chi connectivity index (χ2n) is 5.76. The molecule has 1 aromatic carbocycles. The summed E-state index contributed by atoms with van der Waals surface area (Å²) >= 11 is 0. The Bertz CT molecular complexity index is 590. The molecule has 0 spiro atoms. The second kappa shape index (κ2) is 7.90. The molecule has 2 atom stereocenters. The van der Waals surface area contributed by atoms with Crippen molar-refractivity contribution in [1.82, 2.24) is 5.32 Å². The van der Waals surface area contributed by atoms with Crippen LogP contribution in [0.4, 0.5) is 0 Å². The smallest absolute Gasteiger partial charge is 0.308 e. The largest absolute Gasteiger partial charge is 0.493 e. The molecule has 1 saturated carbocycles. The van der Waals surface area contributed by atoms with Gasteiger partial charge in [0.2, 0.25) is 11.7 Å². The number of carboxylic acids is 1. The molecule has 7 heteroatoms. The minimum Gasteiger partial charge on any atom is -0.493 e. The lowest BCUT2D eigenvalue weighted by Gasteiger charge is -2.18. The van der Waals surface area contributed by atoms with E-state index in [0.717, 1.165) is 6.42 Å². The Morgan fingerprint density at radius 3 is 2.25 bits per heavy atom. The number of carboxylic acid groups (broad SMARTS) is 1. The number of nitrogens with one attached hydrogen (secondary N) is 1. The Morgan fingerprint density at radius 2 is 1.75 bits per heavy atom. The molecule has 0 bridgehead atoms. The van der Waals surface area contributed by atoms with Crippen LogP contribution in [-0.2, 0) is 16.0 Å². The zero-order valence-corrected chi connectivity index (χ0v) is 14.1. The standard InChI is InChI=1S/C17H23NO6/c1-22-13-7-10(8-14(23-2)16(13)24-3)9-15(19)18-12-6-4-5-11(12)17(20)21/h7-8,11-12H,4-6,9H2,1-3H3,(H,18,19)(H,20,21)/t11-,12+/m0/s1. The van der Waals surface area contributed by atoms with E-state index < -0.39 is 11.9 Å². The summed E-state index contributed by atoms with van der Waals surface area (Å²) in [5, 5.41) is 12.0. The van der Waals surface area contributed by atoms with Crippen LogP contribution in [0.3, 0.4) is 0 Å². The zero-order chi connectivity index (χ0) is 17.7. The monoisotopic (exact) mass is 337 g/mol. The molecule has 0 radical (unpaired) electrons. The Labute approximate surface area is 140 Å². The number of hydrogen-bond donors (Lipinski definition) is 2. The van der Waals surface area contributed by atoms with Crippen molar-refractivity contribution in [3.63, 3.8) is 0 Å². The molecular weight excluding hydrogens is 314 g/mol. The third kappa shape index (κ3) is 3.90. The summed E-state index contributed by atoms with van der Waals surface area (Å²) in [4.78, 5) is 23.5. The van der Waals surface area contributed by atoms with Crippen LogP contribution in [-0.4, -0.2) is 44.4 Å². The van der Waals surface area contributed by atoms with Gasteiger partial charge in [0, 0.05) is 6.04 Å². The number of carbonyl (C=O) groups excluding carboxylic acids is 1. The van der Waals surface area contributed by atoms with E-state index in [0.29, 0.717) is 35.7 Å². The molecule has 0 aromatic heterocycles. The van der Waals surface area contributed by atoms with E-state index in [2.05, 4.69) is 5.32 Å². The first kappa shape index (κ1) is 17.9. The first-order valence-electron chi connectivity index (χ1n) is 7.81. The van der Waals surface area contributed by atoms with Gasteiger partial charge in [0.1, 0.15) is 0 Å². The maximum Gasteiger partial charge on any atom is 0.308 e. The molecule has 0 saturated heterocycles. The van der Waals surface area contributed by atoms with E-state index in [-0.39, 0.29) is 18.4 Å². The normalized spacial score (nSPS) is 19.6. The summed E-state index contributed by atoms with van der Waals surface area (Å²) in [6.45, 7) is 0. The molecule has 24 heavy (non-hydrogen) atoms. The number of methoxy groups -OCH3 is 3. The first-order valence-corrected chi connectivity index (χ1v) is 7.81. The summed E-state index contributed by atoms with van der Waals surface area (Å²) in [6.07, 6.45) is 2.22. The van der Waals surface area contributed by atoms with Crippen molar-refractivity contribution >= 4 is 11.9 Å². The van der Waals surface area contributed by atoms with Gasteiger partial charge in [-0.25, -0.2) is 0 Å². The van der Waals surface area contributed by atoms with Crippen molar-refractivity contribution in [3.05, 3.63) is 17.7 Å². The summed E-state index contributed by atoms with van der Waals surface area (Å²) in [6, 6.07) is 3.12. The van der Waals surface area contributed by atoms with E-state index in [1.54, 1.807) is 12.1 Å². The quantitative estimate of drug-likeness (QED) is 0.785. The summed E-state index contributed by atoms with van der Waals surface area (Å²) in [5.41, 5.74) is 0.701. The van der Waals surface area contributed by atoms with Gasteiger partial charge >= 0.3 is 5.97 Å². The van der Waals surface area contributed by atoms with Gasteiger partial charge in [-0.3, -0.25) is 9.59 Å². The molecular formula is C17H23NO6. The number of benzene rings is 1. The molecule has 0 aliphatic heterocycles. The van der Waals surface area contributed by atoms with Crippen LogP contribution in [0.1, 0.15) is 24.8 Å². The highest BCUT2D eigenvalue weighted by molar-refractivity contribution is 5.81. The highest BCUT2D eigenvalue weighted by atomic mass is 16.5. The molecule has 1 aromatic rings. The topological polar surface area (TPSA) is 94.1 Å². The molecule has 7 nitrogen and oxygen atoms in total. The van der Waals surface area contributed by atoms with E-state index in [4.69, 9.17) is 14.2 Å². The Morgan fingerprint density at radius 1 is 1.12 bits per heavy atom. The van der Waals surface area contributed by atoms with Crippen molar-refractivity contribution < 1.29 is 28.9 Å². The fourth-order valence-electron chi connectivity index (χ4n) is 3.11. The second-order valence-corrected chi connectivity index (χ2v) is 5.76. The molecule has 2 N–H and O–H groups in total. The SMILES string of the molecule is COc1cc(CC(=O)N[C@@H]2CCC[C@@H]2C(=O)O)cc(OC)c1OC. The Balaban J connectivity index is 2.10. The van der Waals surface area contributed by atoms with E-state index in [1.165, 1.54) is 21.3 Å². The van der Waals surface area contributed by atoms with Gasteiger partial charge in [0.05, 0.1) is 33.7 Å². The van der Waals surface area contributed by atoms with Crippen molar-refractivity contribution in [3.8, 4) is 17.2 Å². The molecule has 2 rings (SSSR count). The van der Waals surface area contributed by atoms with E-state index in [1.807, 2.05) is 0 Å². The maximum atomic E-state index is 12.3. The van der Waals surface area contributed by atoms with Gasteiger partial charge in [-0.1, -0.05) is 6.42 Å². The number of rotatable bonds is 7. The number of amides is 1. The van der Waals surface area contributed by atoms with Gasteiger partial charge < -0.3 is 24.6 Å². The molecule has 0 heterocycles. The highest BCUT2D eigenvalue weighted by Gasteiger charge is 2.33. The summed E-state index contributed by atoms with van der Waals surface area (Å²) in [7, 11) is 4.53. The lowest BCUT2D eigenvalue weighted by molar-refractivity contribution is -0.142. The number of aliphatic carboxylic acids is 1. The fourth-order valence-corrected chi connectivity index (χ4v) is 3.11. The van der Waals surface area contributed by atoms with Crippen LogP contribution in [0.25, 0.3) is 0 Å². The molecule has 1 aliphatic carbocycles. The summed E-state index contributed by atoms with van der Waals surface area (Å²) < 4.78 is 15.8.